The highest BCUT2D eigenvalue weighted by Gasteiger charge is 2.39. The second-order valence-electron chi connectivity index (χ2n) is 15.5. The van der Waals surface area contributed by atoms with E-state index in [0.717, 1.165) is 78.4 Å². The Kier molecular flexibility index (Phi) is 13.1. The van der Waals surface area contributed by atoms with Crippen LogP contribution >= 0.6 is 0 Å². The molecule has 0 saturated carbocycles. The lowest BCUT2D eigenvalue weighted by molar-refractivity contribution is -0.276. The van der Waals surface area contributed by atoms with Crippen LogP contribution in [0.4, 0.5) is 10.5 Å². The Labute approximate surface area is 347 Å². The quantitative estimate of drug-likeness (QED) is 0.107. The third-order valence-electron chi connectivity index (χ3n) is 11.2. The summed E-state index contributed by atoms with van der Waals surface area (Å²) in [7, 11) is 0. The molecule has 9 heteroatoms. The number of benzene rings is 6. The molecule has 3 N–H and O–H groups in total. The lowest BCUT2D eigenvalue weighted by atomic mass is 9.89. The first-order valence-corrected chi connectivity index (χ1v) is 20.5. The van der Waals surface area contributed by atoms with Crippen LogP contribution in [0.1, 0.15) is 47.1 Å². The van der Waals surface area contributed by atoms with Gasteiger partial charge in [-0.15, -0.1) is 0 Å². The highest BCUT2D eigenvalue weighted by Crippen LogP contribution is 2.42. The number of aliphatic hydroxyl groups excluding tert-OH is 1. The largest absolute Gasteiger partial charge is 0.457 e. The maximum absolute atomic E-state index is 12.9. The second-order valence-corrected chi connectivity index (χ2v) is 15.5. The molecule has 2 amide bonds. The number of carbonyl (C=O) groups is 1. The minimum Gasteiger partial charge on any atom is -0.457 e. The summed E-state index contributed by atoms with van der Waals surface area (Å²) in [5.74, 6) is 1.55. The van der Waals surface area contributed by atoms with E-state index in [1.807, 2.05) is 78.9 Å². The molecule has 2 fully saturated rings. The van der Waals surface area contributed by atoms with Gasteiger partial charge in [0.1, 0.15) is 11.5 Å². The molecule has 2 aliphatic rings. The van der Waals surface area contributed by atoms with Crippen molar-refractivity contribution in [1.82, 2.24) is 15.1 Å². The summed E-state index contributed by atoms with van der Waals surface area (Å²) >= 11 is 0. The standard InChI is InChI=1S/C50H52N4O5/c1-36-47(34-54-28-26-53(27-29-54)33-37-10-4-2-5-11-37)58-49(59-48(36)40-20-18-38(35-55)19-21-40)43-15-9-14-42(31-43)41-13-8-12-39(30-41)32-51-50(56)52-44-22-24-46(25-23-44)57-45-16-6-3-7-17-45/h2-25,30-31,36,47-49,55H,26-29,32-35H2,1H3,(H2,51,52,56). The summed E-state index contributed by atoms with van der Waals surface area (Å²) in [6, 6.07) is 51.9. The Balaban J connectivity index is 0.917. The molecule has 0 spiro atoms. The van der Waals surface area contributed by atoms with Crippen LogP contribution in [0.15, 0.2) is 158 Å². The summed E-state index contributed by atoms with van der Waals surface area (Å²) in [6.45, 7) is 8.39. The van der Waals surface area contributed by atoms with E-state index >= 15 is 0 Å². The fraction of sp³-hybridized carbons (Fsp3) is 0.260. The molecule has 0 aliphatic carbocycles. The maximum Gasteiger partial charge on any atom is 0.319 e. The third kappa shape index (κ3) is 10.6. The van der Waals surface area contributed by atoms with E-state index in [9.17, 15) is 9.90 Å². The number of urea groups is 1. The number of aliphatic hydroxyl groups is 1. The van der Waals surface area contributed by atoms with Crippen molar-refractivity contribution < 1.29 is 24.1 Å². The summed E-state index contributed by atoms with van der Waals surface area (Å²) in [5.41, 5.74) is 7.97. The van der Waals surface area contributed by atoms with Crippen LogP contribution in [0.2, 0.25) is 0 Å². The summed E-state index contributed by atoms with van der Waals surface area (Å²) < 4.78 is 19.6. The fourth-order valence-corrected chi connectivity index (χ4v) is 7.87. The van der Waals surface area contributed by atoms with Crippen molar-refractivity contribution in [3.63, 3.8) is 0 Å². The molecule has 9 nitrogen and oxygen atoms in total. The molecule has 8 rings (SSSR count). The first-order chi connectivity index (χ1) is 29.0. The second kappa shape index (κ2) is 19.3. The topological polar surface area (TPSA) is 95.5 Å². The molecule has 6 aromatic rings. The SMILES string of the molecule is CC1C(CN2CCN(Cc3ccccc3)CC2)OC(c2cccc(-c3cccc(CNC(=O)Nc4ccc(Oc5ccccc5)cc4)c3)c2)OC1c1ccc(CO)cc1. The van der Waals surface area contributed by atoms with Gasteiger partial charge in [-0.3, -0.25) is 9.80 Å². The van der Waals surface area contributed by atoms with E-state index in [0.29, 0.717) is 18.0 Å². The van der Waals surface area contributed by atoms with Crippen molar-refractivity contribution in [1.29, 1.82) is 0 Å². The number of piperazine rings is 1. The number of para-hydroxylation sites is 1. The molecule has 0 aromatic heterocycles. The Morgan fingerprint density at radius 1 is 0.661 bits per heavy atom. The summed E-state index contributed by atoms with van der Waals surface area (Å²) in [5, 5.41) is 15.6. The zero-order chi connectivity index (χ0) is 40.4. The molecule has 2 heterocycles. The molecule has 302 valence electrons. The Bertz CT molecular complexity index is 2250. The molecule has 4 atom stereocenters. The van der Waals surface area contributed by atoms with E-state index in [1.54, 1.807) is 0 Å². The molecule has 2 aliphatic heterocycles. The van der Waals surface area contributed by atoms with Gasteiger partial charge in [-0.1, -0.05) is 116 Å². The zero-order valence-corrected chi connectivity index (χ0v) is 33.5. The van der Waals surface area contributed by atoms with E-state index in [2.05, 4.69) is 106 Å². The minimum absolute atomic E-state index is 0.00367. The van der Waals surface area contributed by atoms with Crippen molar-refractivity contribution >= 4 is 11.7 Å². The normalized spacial score (nSPS) is 19.8. The molecule has 6 aromatic carbocycles. The average Bonchev–Trinajstić information content (AvgIpc) is 3.28. The Hall–Kier alpha value is -5.81. The molecule has 59 heavy (non-hydrogen) atoms. The third-order valence-corrected chi connectivity index (χ3v) is 11.2. The highest BCUT2D eigenvalue weighted by molar-refractivity contribution is 5.89. The van der Waals surface area contributed by atoms with Gasteiger partial charge in [0.2, 0.25) is 0 Å². The van der Waals surface area contributed by atoms with Gasteiger partial charge < -0.3 is 30.0 Å². The molecule has 4 unspecified atom stereocenters. The molecule has 2 saturated heterocycles. The molecular weight excluding hydrogens is 737 g/mol. The predicted molar refractivity (Wildman–Crippen MR) is 232 cm³/mol. The number of rotatable bonds is 13. The van der Waals surface area contributed by atoms with E-state index < -0.39 is 6.29 Å². The van der Waals surface area contributed by atoms with Gasteiger partial charge >= 0.3 is 6.03 Å². The van der Waals surface area contributed by atoms with Crippen molar-refractivity contribution in [2.45, 2.75) is 45.1 Å². The number of anilines is 1. The van der Waals surface area contributed by atoms with E-state index in [-0.39, 0.29) is 30.8 Å². The number of amides is 2. The summed E-state index contributed by atoms with van der Waals surface area (Å²) in [6.07, 6.45) is -0.803. The number of nitrogens with zero attached hydrogens (tertiary/aromatic N) is 2. The Morgan fingerprint density at radius 3 is 2.03 bits per heavy atom. The lowest BCUT2D eigenvalue weighted by Gasteiger charge is -2.44. The Morgan fingerprint density at radius 2 is 1.31 bits per heavy atom. The zero-order valence-electron chi connectivity index (χ0n) is 33.5. The van der Waals surface area contributed by atoms with Crippen LogP contribution in [0.5, 0.6) is 11.5 Å². The van der Waals surface area contributed by atoms with Crippen molar-refractivity contribution in [2.75, 3.05) is 38.0 Å². The van der Waals surface area contributed by atoms with Crippen molar-refractivity contribution in [3.05, 3.63) is 186 Å². The minimum atomic E-state index is -0.564. The van der Waals surface area contributed by atoms with Gasteiger partial charge in [0.05, 0.1) is 18.8 Å². The number of carbonyl (C=O) groups excluding carboxylic acids is 1. The molecule has 0 radical (unpaired) electrons. The van der Waals surface area contributed by atoms with Gasteiger partial charge in [-0.25, -0.2) is 4.79 Å². The van der Waals surface area contributed by atoms with Crippen LogP contribution in [-0.2, 0) is 29.2 Å². The number of nitrogens with one attached hydrogen (secondary N) is 2. The summed E-state index contributed by atoms with van der Waals surface area (Å²) in [4.78, 5) is 17.9. The van der Waals surface area contributed by atoms with Crippen molar-refractivity contribution in [3.8, 4) is 22.6 Å². The van der Waals surface area contributed by atoms with Crippen LogP contribution in [0.25, 0.3) is 11.1 Å². The van der Waals surface area contributed by atoms with Crippen LogP contribution in [0.3, 0.4) is 0 Å². The van der Waals surface area contributed by atoms with Gasteiger partial charge in [0.25, 0.3) is 0 Å². The number of hydrogen-bond acceptors (Lipinski definition) is 7. The first-order valence-electron chi connectivity index (χ1n) is 20.5. The number of hydrogen-bond donors (Lipinski definition) is 3. The van der Waals surface area contributed by atoms with Gasteiger partial charge in [-0.2, -0.15) is 0 Å². The lowest BCUT2D eigenvalue weighted by Crippen LogP contribution is -2.51. The van der Waals surface area contributed by atoms with Crippen molar-refractivity contribution in [2.24, 2.45) is 5.92 Å². The predicted octanol–water partition coefficient (Wildman–Crippen LogP) is 9.57. The number of ether oxygens (including phenoxy) is 3. The maximum atomic E-state index is 12.9. The highest BCUT2D eigenvalue weighted by atomic mass is 16.7. The monoisotopic (exact) mass is 788 g/mol. The van der Waals surface area contributed by atoms with E-state index in [4.69, 9.17) is 14.2 Å². The fourth-order valence-electron chi connectivity index (χ4n) is 7.87. The van der Waals surface area contributed by atoms with Crippen LogP contribution in [-0.4, -0.2) is 59.8 Å². The van der Waals surface area contributed by atoms with Gasteiger partial charge in [-0.05, 0) is 81.9 Å². The smallest absolute Gasteiger partial charge is 0.319 e. The van der Waals surface area contributed by atoms with Gasteiger partial charge in [0, 0.05) is 63.0 Å². The molecular formula is C50H52N4O5. The van der Waals surface area contributed by atoms with Gasteiger partial charge in [0.15, 0.2) is 6.29 Å². The van der Waals surface area contributed by atoms with Crippen LogP contribution < -0.4 is 15.4 Å². The first kappa shape index (κ1) is 40.0. The average molecular weight is 789 g/mol. The van der Waals surface area contributed by atoms with Crippen LogP contribution in [0, 0.1) is 5.92 Å². The molecule has 0 bridgehead atoms. The van der Waals surface area contributed by atoms with E-state index in [1.165, 1.54) is 5.56 Å².